The van der Waals surface area contributed by atoms with E-state index in [2.05, 4.69) is 44.9 Å². The summed E-state index contributed by atoms with van der Waals surface area (Å²) in [6.45, 7) is 4.89. The summed E-state index contributed by atoms with van der Waals surface area (Å²) in [7, 11) is 1.87. The van der Waals surface area contributed by atoms with E-state index in [4.69, 9.17) is 0 Å². The number of amides is 2. The van der Waals surface area contributed by atoms with Crippen LogP contribution in [-0.4, -0.2) is 39.8 Å². The van der Waals surface area contributed by atoms with Crippen molar-refractivity contribution in [2.24, 2.45) is 7.05 Å². The molecule has 6 nitrogen and oxygen atoms in total. The second-order valence-corrected chi connectivity index (χ2v) is 6.85. The van der Waals surface area contributed by atoms with Gasteiger partial charge in [-0.05, 0) is 31.9 Å². The number of nitrogens with one attached hydrogen (secondary N) is 2. The second-order valence-electron chi connectivity index (χ2n) is 6.85. The molecule has 2 aromatic rings. The molecule has 1 aromatic heterocycles. The highest BCUT2D eigenvalue weighted by Crippen LogP contribution is 2.14. The Balaban J connectivity index is 1.47. The molecule has 1 aliphatic rings. The Morgan fingerprint density at radius 2 is 2.16 bits per heavy atom. The van der Waals surface area contributed by atoms with Crippen LogP contribution in [-0.2, 0) is 13.6 Å². The molecule has 3 rings (SSSR count). The fraction of sp³-hybridized carbons (Fsp3) is 0.474. The van der Waals surface area contributed by atoms with Crippen LogP contribution in [0.4, 0.5) is 4.79 Å². The molecular weight excluding hydrogens is 314 g/mol. The molecule has 2 unspecified atom stereocenters. The monoisotopic (exact) mass is 341 g/mol. The molecule has 0 spiro atoms. The van der Waals surface area contributed by atoms with E-state index in [1.807, 2.05) is 26.2 Å². The topological polar surface area (TPSA) is 62.2 Å². The van der Waals surface area contributed by atoms with Gasteiger partial charge >= 0.3 is 6.03 Å². The summed E-state index contributed by atoms with van der Waals surface area (Å²) in [5, 5.41) is 10.3. The van der Waals surface area contributed by atoms with Gasteiger partial charge in [-0.25, -0.2) is 4.79 Å². The SMILES string of the molecule is CC(NC(=O)NC1CCCN(Cc2ccccc2)C1)c1cnn(C)c1. The van der Waals surface area contributed by atoms with Gasteiger partial charge in [-0.3, -0.25) is 9.58 Å². The molecule has 1 saturated heterocycles. The van der Waals surface area contributed by atoms with Crippen molar-refractivity contribution < 1.29 is 4.79 Å². The van der Waals surface area contributed by atoms with Crippen LogP contribution in [0, 0.1) is 0 Å². The molecule has 134 valence electrons. The Labute approximate surface area is 149 Å². The van der Waals surface area contributed by atoms with Crippen LogP contribution in [0.5, 0.6) is 0 Å². The molecule has 2 N–H and O–H groups in total. The number of aryl methyl sites for hydroxylation is 1. The number of benzene rings is 1. The molecule has 1 aliphatic heterocycles. The Hall–Kier alpha value is -2.34. The number of likely N-dealkylation sites (tertiary alicyclic amines) is 1. The average Bonchev–Trinajstić information content (AvgIpc) is 3.02. The van der Waals surface area contributed by atoms with Crippen molar-refractivity contribution >= 4 is 6.03 Å². The lowest BCUT2D eigenvalue weighted by Crippen LogP contribution is -2.50. The summed E-state index contributed by atoms with van der Waals surface area (Å²) in [5.41, 5.74) is 2.32. The normalized spacial score (nSPS) is 19.4. The van der Waals surface area contributed by atoms with Crippen LogP contribution in [0.2, 0.25) is 0 Å². The average molecular weight is 341 g/mol. The largest absolute Gasteiger partial charge is 0.334 e. The molecule has 2 atom stereocenters. The van der Waals surface area contributed by atoms with Gasteiger partial charge in [-0.2, -0.15) is 5.10 Å². The predicted molar refractivity (Wildman–Crippen MR) is 98.0 cm³/mol. The van der Waals surface area contributed by atoms with E-state index < -0.39 is 0 Å². The number of aromatic nitrogens is 2. The molecule has 1 aromatic carbocycles. The number of urea groups is 1. The van der Waals surface area contributed by atoms with E-state index in [9.17, 15) is 4.79 Å². The predicted octanol–water partition coefficient (Wildman–Crippen LogP) is 2.44. The molecule has 0 radical (unpaired) electrons. The summed E-state index contributed by atoms with van der Waals surface area (Å²) >= 11 is 0. The molecule has 6 heteroatoms. The van der Waals surface area contributed by atoms with Crippen molar-refractivity contribution in [3.05, 3.63) is 53.9 Å². The van der Waals surface area contributed by atoms with E-state index in [-0.39, 0.29) is 18.1 Å². The first-order valence-corrected chi connectivity index (χ1v) is 8.92. The lowest BCUT2D eigenvalue weighted by atomic mass is 10.0. The maximum atomic E-state index is 12.3. The zero-order valence-electron chi connectivity index (χ0n) is 15.0. The number of rotatable bonds is 5. The number of nitrogens with zero attached hydrogens (tertiary/aromatic N) is 3. The van der Waals surface area contributed by atoms with Crippen molar-refractivity contribution in [3.63, 3.8) is 0 Å². The van der Waals surface area contributed by atoms with Crippen molar-refractivity contribution in [3.8, 4) is 0 Å². The van der Waals surface area contributed by atoms with Gasteiger partial charge in [0.15, 0.2) is 0 Å². The van der Waals surface area contributed by atoms with Crippen molar-refractivity contribution in [1.29, 1.82) is 0 Å². The van der Waals surface area contributed by atoms with E-state index in [0.29, 0.717) is 0 Å². The van der Waals surface area contributed by atoms with Gasteiger partial charge in [0.2, 0.25) is 0 Å². The third kappa shape index (κ3) is 5.06. The molecule has 0 aliphatic carbocycles. The third-order valence-corrected chi connectivity index (χ3v) is 4.66. The minimum atomic E-state index is -0.108. The molecule has 25 heavy (non-hydrogen) atoms. The van der Waals surface area contributed by atoms with Gasteiger partial charge in [0.25, 0.3) is 0 Å². The summed E-state index contributed by atoms with van der Waals surface area (Å²) in [6.07, 6.45) is 5.84. The van der Waals surface area contributed by atoms with E-state index in [0.717, 1.165) is 38.0 Å². The Morgan fingerprint density at radius 3 is 2.88 bits per heavy atom. The first kappa shape index (κ1) is 17.5. The first-order valence-electron chi connectivity index (χ1n) is 8.92. The molecule has 2 heterocycles. The van der Waals surface area contributed by atoms with Crippen LogP contribution in [0.25, 0.3) is 0 Å². The Morgan fingerprint density at radius 1 is 1.36 bits per heavy atom. The van der Waals surface area contributed by atoms with Gasteiger partial charge in [-0.1, -0.05) is 30.3 Å². The molecule has 0 saturated carbocycles. The molecule has 0 bridgehead atoms. The minimum Gasteiger partial charge on any atom is -0.334 e. The van der Waals surface area contributed by atoms with E-state index in [1.54, 1.807) is 10.9 Å². The standard InChI is InChI=1S/C19H27N5O/c1-15(17-11-20-23(2)13-17)21-19(25)22-18-9-6-10-24(14-18)12-16-7-4-3-5-8-16/h3-5,7-8,11,13,15,18H,6,9-10,12,14H2,1-2H3,(H2,21,22,25). The van der Waals surface area contributed by atoms with E-state index >= 15 is 0 Å². The quantitative estimate of drug-likeness (QED) is 0.878. The van der Waals surface area contributed by atoms with Crippen LogP contribution < -0.4 is 10.6 Å². The summed E-state index contributed by atoms with van der Waals surface area (Å²) in [5.74, 6) is 0. The highest BCUT2D eigenvalue weighted by Gasteiger charge is 2.22. The van der Waals surface area contributed by atoms with Crippen LogP contribution >= 0.6 is 0 Å². The van der Waals surface area contributed by atoms with Crippen molar-refractivity contribution in [1.82, 2.24) is 25.3 Å². The zero-order valence-corrected chi connectivity index (χ0v) is 15.0. The number of hydrogen-bond acceptors (Lipinski definition) is 3. The Kier molecular flexibility index (Phi) is 5.71. The zero-order chi connectivity index (χ0) is 17.6. The maximum absolute atomic E-state index is 12.3. The van der Waals surface area contributed by atoms with Gasteiger partial charge in [0.1, 0.15) is 0 Å². The lowest BCUT2D eigenvalue weighted by Gasteiger charge is -2.33. The maximum Gasteiger partial charge on any atom is 0.315 e. The highest BCUT2D eigenvalue weighted by atomic mass is 16.2. The summed E-state index contributed by atoms with van der Waals surface area (Å²) < 4.78 is 1.74. The highest BCUT2D eigenvalue weighted by molar-refractivity contribution is 5.74. The minimum absolute atomic E-state index is 0.0577. The van der Waals surface area contributed by atoms with Gasteiger partial charge in [0.05, 0.1) is 12.2 Å². The third-order valence-electron chi connectivity index (χ3n) is 4.66. The van der Waals surface area contributed by atoms with Crippen LogP contribution in [0.15, 0.2) is 42.7 Å². The lowest BCUT2D eigenvalue weighted by molar-refractivity contribution is 0.179. The van der Waals surface area contributed by atoms with Crippen LogP contribution in [0.1, 0.15) is 36.9 Å². The summed E-state index contributed by atoms with van der Waals surface area (Å²) in [6, 6.07) is 10.5. The van der Waals surface area contributed by atoms with Gasteiger partial charge < -0.3 is 10.6 Å². The number of carbonyl (C=O) groups excluding carboxylic acids is 1. The second kappa shape index (κ2) is 8.16. The first-order chi connectivity index (χ1) is 12.1. The molecule has 2 amide bonds. The van der Waals surface area contributed by atoms with Gasteiger partial charge in [0, 0.05) is 37.9 Å². The van der Waals surface area contributed by atoms with Crippen molar-refractivity contribution in [2.45, 2.75) is 38.4 Å². The number of piperidine rings is 1. The fourth-order valence-electron chi connectivity index (χ4n) is 3.33. The van der Waals surface area contributed by atoms with E-state index in [1.165, 1.54) is 5.56 Å². The van der Waals surface area contributed by atoms with Gasteiger partial charge in [-0.15, -0.1) is 0 Å². The number of hydrogen-bond donors (Lipinski definition) is 2. The Bertz CT molecular complexity index is 684. The smallest absolute Gasteiger partial charge is 0.315 e. The molecule has 1 fully saturated rings. The summed E-state index contributed by atoms with van der Waals surface area (Å²) in [4.78, 5) is 14.7. The molecular formula is C19H27N5O. The van der Waals surface area contributed by atoms with Crippen molar-refractivity contribution in [2.75, 3.05) is 13.1 Å². The van der Waals surface area contributed by atoms with Crippen LogP contribution in [0.3, 0.4) is 0 Å². The fourth-order valence-corrected chi connectivity index (χ4v) is 3.33. The number of carbonyl (C=O) groups is 1.